The van der Waals surface area contributed by atoms with Crippen LogP contribution in [0, 0.1) is 0 Å². The zero-order valence-corrected chi connectivity index (χ0v) is 19.6. The third kappa shape index (κ3) is 10.3. The first-order valence-electron chi connectivity index (χ1n) is 11.3. The van der Waals surface area contributed by atoms with Gasteiger partial charge < -0.3 is 20.1 Å². The van der Waals surface area contributed by atoms with Gasteiger partial charge in [0.2, 0.25) is 0 Å². The van der Waals surface area contributed by atoms with Gasteiger partial charge in [-0.1, -0.05) is 74.5 Å². The molecule has 2 aromatic carbocycles. The molecular weight excluding hydrogens is 436 g/mol. The van der Waals surface area contributed by atoms with E-state index in [2.05, 4.69) is 10.6 Å². The molecular formula is C26H32N2O6. The number of amides is 2. The Labute approximate surface area is 200 Å². The number of esters is 2. The minimum atomic E-state index is -0.462. The lowest BCUT2D eigenvalue weighted by Gasteiger charge is -2.12. The predicted molar refractivity (Wildman–Crippen MR) is 127 cm³/mol. The molecule has 2 amide bonds. The summed E-state index contributed by atoms with van der Waals surface area (Å²) in [5.74, 6) is -1.86. The zero-order valence-electron chi connectivity index (χ0n) is 19.6. The number of carbonyl (C=O) groups is 4. The summed E-state index contributed by atoms with van der Waals surface area (Å²) in [6.45, 7) is 3.38. The molecule has 0 unspecified atom stereocenters. The van der Waals surface area contributed by atoms with E-state index in [0.717, 1.165) is 11.1 Å². The summed E-state index contributed by atoms with van der Waals surface area (Å²) in [5, 5.41) is 5.10. The lowest BCUT2D eigenvalue weighted by molar-refractivity contribution is -0.149. The number of hydrogen-bond donors (Lipinski definition) is 2. The second-order valence-corrected chi connectivity index (χ2v) is 8.05. The highest BCUT2D eigenvalue weighted by Crippen LogP contribution is 2.19. The highest BCUT2D eigenvalue weighted by molar-refractivity contribution is 5.81. The lowest BCUT2D eigenvalue weighted by atomic mass is 9.98. The molecule has 8 nitrogen and oxygen atoms in total. The first kappa shape index (κ1) is 26.6. The van der Waals surface area contributed by atoms with Crippen molar-refractivity contribution in [3.05, 3.63) is 71.8 Å². The molecule has 0 aliphatic heterocycles. The monoisotopic (exact) mass is 468 g/mol. The van der Waals surface area contributed by atoms with Gasteiger partial charge in [0.15, 0.2) is 13.2 Å². The van der Waals surface area contributed by atoms with Crippen LogP contribution in [0.4, 0.5) is 0 Å². The number of nitrogens with one attached hydrogen (secondary N) is 2. The van der Waals surface area contributed by atoms with Gasteiger partial charge in [0, 0.05) is 13.1 Å². The molecule has 0 bridgehead atoms. The molecule has 0 heterocycles. The fourth-order valence-corrected chi connectivity index (χ4v) is 3.21. The van der Waals surface area contributed by atoms with Crippen molar-refractivity contribution < 1.29 is 28.7 Å². The zero-order chi connectivity index (χ0) is 24.8. The molecule has 34 heavy (non-hydrogen) atoms. The summed E-state index contributed by atoms with van der Waals surface area (Å²) >= 11 is 0. The topological polar surface area (TPSA) is 111 Å². The van der Waals surface area contributed by atoms with Crippen molar-refractivity contribution in [3.63, 3.8) is 0 Å². The summed E-state index contributed by atoms with van der Waals surface area (Å²) < 4.78 is 10.0. The predicted octanol–water partition coefficient (Wildman–Crippen LogP) is 2.69. The molecule has 2 atom stereocenters. The van der Waals surface area contributed by atoms with E-state index in [1.807, 2.05) is 74.5 Å². The standard InChI is InChI=1S/C26H32N2O6/c1-19(21-9-5-3-6-10-21)15-25(31)33-17-23(29)27-13-14-28-24(30)18-34-26(32)16-20(2)22-11-7-4-8-12-22/h3-12,19-20H,13-18H2,1-2H3,(H,27,29)(H,28,30)/t19-,20-/m1/s1. The minimum absolute atomic E-state index is 0.0115. The van der Waals surface area contributed by atoms with E-state index < -0.39 is 23.8 Å². The third-order valence-corrected chi connectivity index (χ3v) is 5.18. The molecule has 182 valence electrons. The molecule has 0 spiro atoms. The maximum Gasteiger partial charge on any atom is 0.306 e. The number of benzene rings is 2. The first-order valence-corrected chi connectivity index (χ1v) is 11.3. The van der Waals surface area contributed by atoms with Crippen LogP contribution in [0.15, 0.2) is 60.7 Å². The van der Waals surface area contributed by atoms with Gasteiger partial charge >= 0.3 is 11.9 Å². The van der Waals surface area contributed by atoms with Gasteiger partial charge in [-0.25, -0.2) is 0 Å². The Morgan fingerprint density at radius 2 is 1.00 bits per heavy atom. The van der Waals surface area contributed by atoms with E-state index in [0.29, 0.717) is 0 Å². The highest BCUT2D eigenvalue weighted by atomic mass is 16.5. The number of hydrogen-bond acceptors (Lipinski definition) is 6. The normalized spacial score (nSPS) is 12.2. The number of rotatable bonds is 13. The summed E-state index contributed by atoms with van der Waals surface area (Å²) in [6, 6.07) is 19.2. The fourth-order valence-electron chi connectivity index (χ4n) is 3.21. The van der Waals surface area contributed by atoms with Gasteiger partial charge in [0.05, 0.1) is 12.8 Å². The highest BCUT2D eigenvalue weighted by Gasteiger charge is 2.15. The second-order valence-electron chi connectivity index (χ2n) is 8.05. The molecule has 8 heteroatoms. The number of ether oxygens (including phenoxy) is 2. The maximum atomic E-state index is 11.9. The molecule has 2 N–H and O–H groups in total. The van der Waals surface area contributed by atoms with Crippen molar-refractivity contribution >= 4 is 23.8 Å². The summed E-state index contributed by atoms with van der Waals surface area (Å²) in [6.07, 6.45) is 0.354. The van der Waals surface area contributed by atoms with Gasteiger partial charge in [-0.05, 0) is 23.0 Å². The Hall–Kier alpha value is -3.68. The molecule has 0 aliphatic rings. The molecule has 0 aliphatic carbocycles. The first-order chi connectivity index (χ1) is 16.3. The average Bonchev–Trinajstić information content (AvgIpc) is 2.85. The minimum Gasteiger partial charge on any atom is -0.456 e. The van der Waals surface area contributed by atoms with Crippen molar-refractivity contribution in [2.45, 2.75) is 38.5 Å². The second kappa shape index (κ2) is 14.5. The van der Waals surface area contributed by atoms with E-state index in [9.17, 15) is 19.2 Å². The van der Waals surface area contributed by atoms with Gasteiger partial charge in [-0.3, -0.25) is 19.2 Å². The van der Waals surface area contributed by atoms with Gasteiger partial charge in [-0.15, -0.1) is 0 Å². The fraction of sp³-hybridized carbons (Fsp3) is 0.385. The van der Waals surface area contributed by atoms with Gasteiger partial charge in [-0.2, -0.15) is 0 Å². The van der Waals surface area contributed by atoms with Crippen LogP contribution in [0.25, 0.3) is 0 Å². The van der Waals surface area contributed by atoms with Crippen LogP contribution in [-0.4, -0.2) is 50.1 Å². The van der Waals surface area contributed by atoms with Crippen LogP contribution in [0.3, 0.4) is 0 Å². The van der Waals surface area contributed by atoms with Crippen LogP contribution in [0.5, 0.6) is 0 Å². The summed E-state index contributed by atoms with van der Waals surface area (Å²) in [5.41, 5.74) is 2.05. The van der Waals surface area contributed by atoms with E-state index in [1.165, 1.54) is 0 Å². The molecule has 0 aromatic heterocycles. The van der Waals surface area contributed by atoms with Crippen LogP contribution >= 0.6 is 0 Å². The van der Waals surface area contributed by atoms with Crippen molar-refractivity contribution in [2.24, 2.45) is 0 Å². The quantitative estimate of drug-likeness (QED) is 0.345. The van der Waals surface area contributed by atoms with Crippen molar-refractivity contribution in [3.8, 4) is 0 Å². The Balaban J connectivity index is 1.52. The smallest absolute Gasteiger partial charge is 0.306 e. The van der Waals surface area contributed by atoms with E-state index in [-0.39, 0.29) is 51.0 Å². The average molecular weight is 469 g/mol. The van der Waals surface area contributed by atoms with E-state index in [4.69, 9.17) is 9.47 Å². The van der Waals surface area contributed by atoms with Crippen molar-refractivity contribution in [2.75, 3.05) is 26.3 Å². The van der Waals surface area contributed by atoms with Gasteiger partial charge in [0.25, 0.3) is 11.8 Å². The summed E-state index contributed by atoms with van der Waals surface area (Å²) in [4.78, 5) is 47.5. The van der Waals surface area contributed by atoms with Crippen LogP contribution in [-0.2, 0) is 28.7 Å². The number of carbonyl (C=O) groups excluding carboxylic acids is 4. The Morgan fingerprint density at radius 3 is 1.35 bits per heavy atom. The lowest BCUT2D eigenvalue weighted by Crippen LogP contribution is -2.38. The Bertz CT molecular complexity index is 855. The molecule has 0 fully saturated rings. The van der Waals surface area contributed by atoms with Crippen LogP contribution < -0.4 is 10.6 Å². The van der Waals surface area contributed by atoms with Gasteiger partial charge in [0.1, 0.15) is 0 Å². The van der Waals surface area contributed by atoms with Crippen molar-refractivity contribution in [1.82, 2.24) is 10.6 Å². The largest absolute Gasteiger partial charge is 0.456 e. The SMILES string of the molecule is C[C@H](CC(=O)OCC(=O)NCCNC(=O)COC(=O)C[C@@H](C)c1ccccc1)c1ccccc1. The molecule has 0 saturated heterocycles. The Morgan fingerprint density at radius 1 is 0.647 bits per heavy atom. The van der Waals surface area contributed by atoms with Crippen LogP contribution in [0.1, 0.15) is 49.7 Å². The molecule has 0 radical (unpaired) electrons. The summed E-state index contributed by atoms with van der Waals surface area (Å²) in [7, 11) is 0. The molecule has 2 rings (SSSR count). The van der Waals surface area contributed by atoms with E-state index in [1.54, 1.807) is 0 Å². The van der Waals surface area contributed by atoms with Crippen molar-refractivity contribution in [1.29, 1.82) is 0 Å². The third-order valence-electron chi connectivity index (χ3n) is 5.18. The molecule has 2 aromatic rings. The van der Waals surface area contributed by atoms with E-state index >= 15 is 0 Å². The Kier molecular flexibility index (Phi) is 11.3. The molecule has 0 saturated carbocycles. The maximum absolute atomic E-state index is 11.9. The van der Waals surface area contributed by atoms with Crippen LogP contribution in [0.2, 0.25) is 0 Å².